The molecule has 2 heterocycles. The van der Waals surface area contributed by atoms with Crippen LogP contribution in [-0.4, -0.2) is 14.8 Å². The average molecular weight is 208 g/mol. The molecule has 0 aliphatic rings. The summed E-state index contributed by atoms with van der Waals surface area (Å²) in [6.07, 6.45) is 5.15. The standard InChI is InChI=1S/C10H10ClN3/c1-2-14-10(4-6-13-14)8-3-5-12-7-9(8)11/h3-7H,2H2,1H3. The molecule has 0 saturated carbocycles. The fourth-order valence-corrected chi connectivity index (χ4v) is 1.61. The van der Waals surface area contributed by atoms with Crippen LogP contribution >= 0.6 is 11.6 Å². The maximum atomic E-state index is 6.04. The third kappa shape index (κ3) is 1.51. The first kappa shape index (κ1) is 9.21. The second-order valence-electron chi connectivity index (χ2n) is 2.89. The number of nitrogens with zero attached hydrogens (tertiary/aromatic N) is 3. The first-order valence-corrected chi connectivity index (χ1v) is 4.82. The molecule has 0 spiro atoms. The molecular formula is C10H10ClN3. The van der Waals surface area contributed by atoms with E-state index >= 15 is 0 Å². The second-order valence-corrected chi connectivity index (χ2v) is 3.29. The Bertz CT molecular complexity index is 436. The van der Waals surface area contributed by atoms with Crippen LogP contribution in [0.4, 0.5) is 0 Å². The minimum atomic E-state index is 0.655. The van der Waals surface area contributed by atoms with Gasteiger partial charge in [0.15, 0.2) is 0 Å². The molecule has 2 rings (SSSR count). The Balaban J connectivity index is 2.54. The number of aryl methyl sites for hydroxylation is 1. The van der Waals surface area contributed by atoms with Gasteiger partial charge in [-0.1, -0.05) is 11.6 Å². The molecule has 0 fully saturated rings. The molecule has 0 radical (unpaired) electrons. The van der Waals surface area contributed by atoms with Crippen LogP contribution in [-0.2, 0) is 6.54 Å². The van der Waals surface area contributed by atoms with E-state index < -0.39 is 0 Å². The zero-order valence-electron chi connectivity index (χ0n) is 7.81. The van der Waals surface area contributed by atoms with Crippen LogP contribution in [0.3, 0.4) is 0 Å². The monoisotopic (exact) mass is 207 g/mol. The van der Waals surface area contributed by atoms with E-state index in [-0.39, 0.29) is 0 Å². The number of pyridine rings is 1. The number of aromatic nitrogens is 3. The van der Waals surface area contributed by atoms with Crippen LogP contribution in [0.5, 0.6) is 0 Å². The first-order chi connectivity index (χ1) is 6.83. The molecule has 2 aromatic heterocycles. The first-order valence-electron chi connectivity index (χ1n) is 4.44. The predicted molar refractivity (Wildman–Crippen MR) is 56.1 cm³/mol. The highest BCUT2D eigenvalue weighted by molar-refractivity contribution is 6.33. The summed E-state index contributed by atoms with van der Waals surface area (Å²) in [5.74, 6) is 0. The summed E-state index contributed by atoms with van der Waals surface area (Å²) in [6, 6.07) is 3.84. The number of hydrogen-bond acceptors (Lipinski definition) is 2. The smallest absolute Gasteiger partial charge is 0.0698 e. The second kappa shape index (κ2) is 3.80. The molecule has 0 aliphatic carbocycles. The van der Waals surface area contributed by atoms with Gasteiger partial charge in [-0.05, 0) is 19.1 Å². The molecule has 2 aromatic rings. The molecule has 4 heteroatoms. The van der Waals surface area contributed by atoms with Crippen LogP contribution in [0.15, 0.2) is 30.7 Å². The third-order valence-corrected chi connectivity index (χ3v) is 2.37. The minimum Gasteiger partial charge on any atom is -0.265 e. The summed E-state index contributed by atoms with van der Waals surface area (Å²) >= 11 is 6.04. The summed E-state index contributed by atoms with van der Waals surface area (Å²) in [4.78, 5) is 3.95. The summed E-state index contributed by atoms with van der Waals surface area (Å²) < 4.78 is 1.90. The molecule has 0 amide bonds. The third-order valence-electron chi connectivity index (χ3n) is 2.06. The van der Waals surface area contributed by atoms with E-state index in [1.165, 1.54) is 0 Å². The van der Waals surface area contributed by atoms with Gasteiger partial charge in [0.25, 0.3) is 0 Å². The molecule has 0 aliphatic heterocycles. The van der Waals surface area contributed by atoms with E-state index in [4.69, 9.17) is 11.6 Å². The van der Waals surface area contributed by atoms with E-state index in [0.29, 0.717) is 5.02 Å². The lowest BCUT2D eigenvalue weighted by molar-refractivity contribution is 0.667. The minimum absolute atomic E-state index is 0.655. The number of halogens is 1. The van der Waals surface area contributed by atoms with Crippen LogP contribution in [0.25, 0.3) is 11.3 Å². The van der Waals surface area contributed by atoms with Gasteiger partial charge < -0.3 is 0 Å². The molecule has 0 unspecified atom stereocenters. The van der Waals surface area contributed by atoms with Crippen molar-refractivity contribution < 1.29 is 0 Å². The molecule has 3 nitrogen and oxygen atoms in total. The van der Waals surface area contributed by atoms with Crippen molar-refractivity contribution in [2.24, 2.45) is 0 Å². The Morgan fingerprint density at radius 1 is 1.36 bits per heavy atom. The van der Waals surface area contributed by atoms with Gasteiger partial charge >= 0.3 is 0 Å². The molecule has 0 aromatic carbocycles. The maximum absolute atomic E-state index is 6.04. The SMILES string of the molecule is CCn1nccc1-c1ccncc1Cl. The van der Waals surface area contributed by atoms with Gasteiger partial charge in [-0.25, -0.2) is 0 Å². The summed E-state index contributed by atoms with van der Waals surface area (Å²) in [5, 5.41) is 4.85. The van der Waals surface area contributed by atoms with Gasteiger partial charge in [-0.2, -0.15) is 5.10 Å². The van der Waals surface area contributed by atoms with Crippen LogP contribution in [0, 0.1) is 0 Å². The number of rotatable bonds is 2. The number of hydrogen-bond donors (Lipinski definition) is 0. The largest absolute Gasteiger partial charge is 0.265 e. The highest BCUT2D eigenvalue weighted by atomic mass is 35.5. The molecular weight excluding hydrogens is 198 g/mol. The normalized spacial score (nSPS) is 10.4. The zero-order chi connectivity index (χ0) is 9.97. The van der Waals surface area contributed by atoms with E-state index in [9.17, 15) is 0 Å². The van der Waals surface area contributed by atoms with E-state index in [2.05, 4.69) is 10.1 Å². The quantitative estimate of drug-likeness (QED) is 0.758. The highest BCUT2D eigenvalue weighted by Crippen LogP contribution is 2.25. The summed E-state index contributed by atoms with van der Waals surface area (Å²) in [6.45, 7) is 2.88. The van der Waals surface area contributed by atoms with Gasteiger partial charge in [-0.15, -0.1) is 0 Å². The molecule has 72 valence electrons. The van der Waals surface area contributed by atoms with Crippen molar-refractivity contribution in [2.45, 2.75) is 13.5 Å². The Morgan fingerprint density at radius 2 is 2.21 bits per heavy atom. The van der Waals surface area contributed by atoms with E-state index in [0.717, 1.165) is 17.8 Å². The Kier molecular flexibility index (Phi) is 2.50. The van der Waals surface area contributed by atoms with E-state index in [1.54, 1.807) is 18.6 Å². The lowest BCUT2D eigenvalue weighted by Crippen LogP contribution is -1.98. The van der Waals surface area contributed by atoms with Crippen molar-refractivity contribution in [3.8, 4) is 11.3 Å². The molecule has 0 N–H and O–H groups in total. The van der Waals surface area contributed by atoms with Gasteiger partial charge in [0.1, 0.15) is 0 Å². The van der Waals surface area contributed by atoms with Crippen molar-refractivity contribution in [3.63, 3.8) is 0 Å². The fraction of sp³-hybridized carbons (Fsp3) is 0.200. The molecule has 0 atom stereocenters. The zero-order valence-corrected chi connectivity index (χ0v) is 8.57. The molecule has 14 heavy (non-hydrogen) atoms. The van der Waals surface area contributed by atoms with Crippen molar-refractivity contribution in [2.75, 3.05) is 0 Å². The maximum Gasteiger partial charge on any atom is 0.0698 e. The Morgan fingerprint density at radius 3 is 2.93 bits per heavy atom. The van der Waals surface area contributed by atoms with Crippen molar-refractivity contribution in [1.29, 1.82) is 0 Å². The van der Waals surface area contributed by atoms with Crippen LogP contribution in [0.1, 0.15) is 6.92 Å². The van der Waals surface area contributed by atoms with Crippen molar-refractivity contribution >= 4 is 11.6 Å². The Labute approximate surface area is 87.3 Å². The van der Waals surface area contributed by atoms with Crippen LogP contribution in [0.2, 0.25) is 5.02 Å². The highest BCUT2D eigenvalue weighted by Gasteiger charge is 2.07. The molecule has 0 bridgehead atoms. The summed E-state index contributed by atoms with van der Waals surface area (Å²) in [5.41, 5.74) is 2.00. The topological polar surface area (TPSA) is 30.7 Å². The average Bonchev–Trinajstić information content (AvgIpc) is 2.66. The van der Waals surface area contributed by atoms with Gasteiger partial charge in [-0.3, -0.25) is 9.67 Å². The van der Waals surface area contributed by atoms with Gasteiger partial charge in [0.05, 0.1) is 10.7 Å². The summed E-state index contributed by atoms with van der Waals surface area (Å²) in [7, 11) is 0. The van der Waals surface area contributed by atoms with Gasteiger partial charge in [0.2, 0.25) is 0 Å². The van der Waals surface area contributed by atoms with Crippen LogP contribution < -0.4 is 0 Å². The van der Waals surface area contributed by atoms with E-state index in [1.807, 2.05) is 23.7 Å². The van der Waals surface area contributed by atoms with Crippen molar-refractivity contribution in [1.82, 2.24) is 14.8 Å². The predicted octanol–water partition coefficient (Wildman–Crippen LogP) is 2.62. The fourth-order valence-electron chi connectivity index (χ4n) is 1.40. The van der Waals surface area contributed by atoms with Gasteiger partial charge in [0, 0.05) is 30.7 Å². The lowest BCUT2D eigenvalue weighted by atomic mass is 10.2. The van der Waals surface area contributed by atoms with Crippen molar-refractivity contribution in [3.05, 3.63) is 35.7 Å². The lowest BCUT2D eigenvalue weighted by Gasteiger charge is -2.05. The molecule has 0 saturated heterocycles. The Hall–Kier alpha value is -1.35.